The summed E-state index contributed by atoms with van der Waals surface area (Å²) >= 11 is 6.20. The summed E-state index contributed by atoms with van der Waals surface area (Å²) in [5.41, 5.74) is 0.323. The predicted molar refractivity (Wildman–Crippen MR) is 55.5 cm³/mol. The lowest BCUT2D eigenvalue weighted by atomic mass is 10.2. The fraction of sp³-hybridized carbons (Fsp3) is 0.500. The summed E-state index contributed by atoms with van der Waals surface area (Å²) in [4.78, 5) is 14.6. The van der Waals surface area contributed by atoms with Crippen LogP contribution in [0.3, 0.4) is 0 Å². The Morgan fingerprint density at radius 1 is 1.60 bits per heavy atom. The van der Waals surface area contributed by atoms with Crippen LogP contribution >= 0.6 is 22.9 Å². The Kier molecular flexibility index (Phi) is 4.04. The number of aromatic nitrogens is 1. The van der Waals surface area contributed by atoms with Crippen molar-refractivity contribution in [1.82, 2.24) is 4.98 Å². The molecule has 0 radical (unpaired) electrons. The molecule has 0 saturated heterocycles. The molecule has 7 heteroatoms. The second-order valence-corrected chi connectivity index (χ2v) is 4.28. The Balaban J connectivity index is 2.97. The van der Waals surface area contributed by atoms with Crippen molar-refractivity contribution in [3.8, 4) is 0 Å². The maximum Gasteiger partial charge on any atom is 0.347 e. The second-order valence-electron chi connectivity index (χ2n) is 2.94. The minimum Gasteiger partial charge on any atom is -0.477 e. The lowest BCUT2D eigenvalue weighted by Gasteiger charge is -2.11. The molecule has 84 valence electrons. The smallest absolute Gasteiger partial charge is 0.347 e. The number of aryl methyl sites for hydroxylation is 1. The molecule has 15 heavy (non-hydrogen) atoms. The third-order valence-electron chi connectivity index (χ3n) is 1.78. The van der Waals surface area contributed by atoms with Crippen LogP contribution in [0.25, 0.3) is 0 Å². The van der Waals surface area contributed by atoms with Gasteiger partial charge in [-0.2, -0.15) is 0 Å². The van der Waals surface area contributed by atoms with Crippen molar-refractivity contribution in [1.29, 1.82) is 0 Å². The molecule has 0 aliphatic carbocycles. The van der Waals surface area contributed by atoms with Crippen LogP contribution in [0.2, 0.25) is 0 Å². The van der Waals surface area contributed by atoms with E-state index in [0.29, 0.717) is 5.69 Å². The van der Waals surface area contributed by atoms with Gasteiger partial charge < -0.3 is 15.3 Å². The van der Waals surface area contributed by atoms with Crippen LogP contribution in [0, 0.1) is 6.92 Å². The number of aromatic carboxylic acids is 1. The first-order valence-corrected chi connectivity index (χ1v) is 5.45. The number of thiazole rings is 1. The summed E-state index contributed by atoms with van der Waals surface area (Å²) in [6, 6.07) is 0. The van der Waals surface area contributed by atoms with Gasteiger partial charge in [0, 0.05) is 0 Å². The number of aliphatic hydroxyl groups excluding tert-OH is 2. The van der Waals surface area contributed by atoms with Crippen LogP contribution in [0.1, 0.15) is 26.5 Å². The molecule has 0 amide bonds. The zero-order valence-corrected chi connectivity index (χ0v) is 9.42. The largest absolute Gasteiger partial charge is 0.477 e. The van der Waals surface area contributed by atoms with Gasteiger partial charge in [-0.15, -0.1) is 22.9 Å². The number of alkyl halides is 1. The summed E-state index contributed by atoms with van der Waals surface area (Å²) in [7, 11) is 0. The molecule has 1 rings (SSSR count). The van der Waals surface area contributed by atoms with Gasteiger partial charge in [0.2, 0.25) is 0 Å². The number of carboxylic acid groups (broad SMARTS) is 1. The van der Waals surface area contributed by atoms with Crippen molar-refractivity contribution in [2.45, 2.75) is 19.1 Å². The van der Waals surface area contributed by atoms with Gasteiger partial charge in [-0.1, -0.05) is 0 Å². The lowest BCUT2D eigenvalue weighted by molar-refractivity contribution is 0.0325. The van der Waals surface area contributed by atoms with E-state index in [2.05, 4.69) is 4.98 Å². The maximum absolute atomic E-state index is 10.7. The Labute approximate surface area is 95.0 Å². The van der Waals surface area contributed by atoms with Crippen LogP contribution in [-0.4, -0.2) is 38.3 Å². The van der Waals surface area contributed by atoms with E-state index in [0.717, 1.165) is 11.3 Å². The molecule has 1 aromatic rings. The summed E-state index contributed by atoms with van der Waals surface area (Å²) in [5.74, 6) is -1.23. The number of rotatable bonds is 4. The van der Waals surface area contributed by atoms with E-state index in [4.69, 9.17) is 16.7 Å². The highest BCUT2D eigenvalue weighted by molar-refractivity contribution is 7.13. The topological polar surface area (TPSA) is 90.7 Å². The third-order valence-corrected chi connectivity index (χ3v) is 3.32. The van der Waals surface area contributed by atoms with Crippen molar-refractivity contribution < 1.29 is 20.1 Å². The summed E-state index contributed by atoms with van der Waals surface area (Å²) in [6.07, 6.45) is -2.38. The molecule has 0 fully saturated rings. The fourth-order valence-corrected chi connectivity index (χ4v) is 2.11. The standard InChI is InChI=1S/C8H10ClNO4S/c1-3-6(8(13)14)15-7(10-3)5(12)4(11)2-9/h4-5,11-12H,2H2,1H3,(H,13,14). The fourth-order valence-electron chi connectivity index (χ4n) is 0.991. The molecular weight excluding hydrogens is 242 g/mol. The molecule has 2 atom stereocenters. The van der Waals surface area contributed by atoms with Crippen LogP contribution in [0.5, 0.6) is 0 Å². The van der Waals surface area contributed by atoms with E-state index in [1.165, 1.54) is 6.92 Å². The molecule has 0 saturated carbocycles. The third kappa shape index (κ3) is 2.66. The summed E-state index contributed by atoms with van der Waals surface area (Å²) < 4.78 is 0. The average Bonchev–Trinajstić information content (AvgIpc) is 2.58. The van der Waals surface area contributed by atoms with Gasteiger partial charge >= 0.3 is 5.97 Å². The number of hydrogen-bond donors (Lipinski definition) is 3. The van der Waals surface area contributed by atoms with Crippen molar-refractivity contribution >= 4 is 28.9 Å². The van der Waals surface area contributed by atoms with E-state index in [1.54, 1.807) is 0 Å². The lowest BCUT2D eigenvalue weighted by Crippen LogP contribution is -2.19. The van der Waals surface area contributed by atoms with Gasteiger partial charge in [0.25, 0.3) is 0 Å². The Hall–Kier alpha value is -0.690. The average molecular weight is 252 g/mol. The highest BCUT2D eigenvalue weighted by atomic mass is 35.5. The molecule has 1 aromatic heterocycles. The van der Waals surface area contributed by atoms with E-state index in [-0.39, 0.29) is 15.8 Å². The normalized spacial score (nSPS) is 14.9. The summed E-state index contributed by atoms with van der Waals surface area (Å²) in [6.45, 7) is 1.53. The van der Waals surface area contributed by atoms with E-state index in [1.807, 2.05) is 0 Å². The molecule has 0 aliphatic rings. The number of halogens is 1. The monoisotopic (exact) mass is 251 g/mol. The SMILES string of the molecule is Cc1nc(C(O)C(O)CCl)sc1C(=O)O. The van der Waals surface area contributed by atoms with Crippen molar-refractivity contribution in [3.63, 3.8) is 0 Å². The minimum absolute atomic E-state index is 0.0609. The van der Waals surface area contributed by atoms with Gasteiger partial charge in [-0.3, -0.25) is 0 Å². The Bertz CT molecular complexity index is 368. The number of aliphatic hydroxyl groups is 2. The molecule has 0 spiro atoms. The quantitative estimate of drug-likeness (QED) is 0.688. The first-order valence-electron chi connectivity index (χ1n) is 4.10. The Morgan fingerprint density at radius 3 is 2.60 bits per heavy atom. The zero-order chi connectivity index (χ0) is 11.6. The highest BCUT2D eigenvalue weighted by Gasteiger charge is 2.24. The second kappa shape index (κ2) is 4.89. The Morgan fingerprint density at radius 2 is 2.20 bits per heavy atom. The van der Waals surface area contributed by atoms with Crippen LogP contribution in [-0.2, 0) is 0 Å². The first kappa shape index (κ1) is 12.4. The van der Waals surface area contributed by atoms with Crippen LogP contribution in [0.15, 0.2) is 0 Å². The zero-order valence-electron chi connectivity index (χ0n) is 7.85. The van der Waals surface area contributed by atoms with Gasteiger partial charge in [0.15, 0.2) is 0 Å². The minimum atomic E-state index is -1.24. The van der Waals surface area contributed by atoms with Crippen molar-refractivity contribution in [3.05, 3.63) is 15.6 Å². The van der Waals surface area contributed by atoms with Gasteiger partial charge in [0.05, 0.1) is 17.7 Å². The molecule has 5 nitrogen and oxygen atoms in total. The predicted octanol–water partition coefficient (Wildman–Crippen LogP) is 0.783. The van der Waals surface area contributed by atoms with E-state index < -0.39 is 18.2 Å². The van der Waals surface area contributed by atoms with Crippen LogP contribution < -0.4 is 0 Å². The van der Waals surface area contributed by atoms with E-state index >= 15 is 0 Å². The number of carbonyl (C=O) groups is 1. The molecule has 0 bridgehead atoms. The number of hydrogen-bond acceptors (Lipinski definition) is 5. The molecule has 1 heterocycles. The summed E-state index contributed by atoms with van der Waals surface area (Å²) in [5, 5.41) is 27.7. The molecular formula is C8H10ClNO4S. The van der Waals surface area contributed by atoms with E-state index in [9.17, 15) is 15.0 Å². The molecule has 2 unspecified atom stereocenters. The van der Waals surface area contributed by atoms with Crippen LogP contribution in [0.4, 0.5) is 0 Å². The van der Waals surface area contributed by atoms with Gasteiger partial charge in [0.1, 0.15) is 16.0 Å². The van der Waals surface area contributed by atoms with Gasteiger partial charge in [-0.05, 0) is 6.92 Å². The maximum atomic E-state index is 10.7. The highest BCUT2D eigenvalue weighted by Crippen LogP contribution is 2.26. The molecule has 0 aromatic carbocycles. The van der Waals surface area contributed by atoms with Gasteiger partial charge in [-0.25, -0.2) is 9.78 Å². The van der Waals surface area contributed by atoms with Crippen molar-refractivity contribution in [2.24, 2.45) is 0 Å². The number of nitrogens with zero attached hydrogens (tertiary/aromatic N) is 1. The first-order chi connectivity index (χ1) is 6.97. The number of carboxylic acids is 1. The van der Waals surface area contributed by atoms with Crippen molar-refractivity contribution in [2.75, 3.05) is 5.88 Å². The molecule has 3 N–H and O–H groups in total. The molecule has 0 aliphatic heterocycles.